The number of aryl methyl sites for hydroxylation is 2. The van der Waals surface area contributed by atoms with Crippen LogP contribution in [0.15, 0.2) is 42.6 Å². The van der Waals surface area contributed by atoms with Crippen LogP contribution in [0.2, 0.25) is 0 Å². The Hall–Kier alpha value is -4.45. The van der Waals surface area contributed by atoms with Gasteiger partial charge < -0.3 is 10.7 Å². The van der Waals surface area contributed by atoms with E-state index in [0.717, 1.165) is 16.6 Å². The quantitative estimate of drug-likeness (QED) is 0.482. The molecule has 0 radical (unpaired) electrons. The lowest BCUT2D eigenvalue weighted by Gasteiger charge is -2.02. The average Bonchev–Trinajstić information content (AvgIpc) is 3.25. The number of rotatable bonds is 3. The minimum atomic E-state index is -0.0499. The molecule has 9 nitrogen and oxygen atoms in total. The first-order valence-corrected chi connectivity index (χ1v) is 9.93. The van der Waals surface area contributed by atoms with Crippen molar-refractivity contribution in [2.45, 2.75) is 20.8 Å². The number of Topliss-reactive ketones (excluding diaryl/α,β-unsaturated/α-hetero) is 1. The van der Waals surface area contributed by atoms with E-state index < -0.39 is 0 Å². The van der Waals surface area contributed by atoms with Crippen LogP contribution in [0.5, 0.6) is 0 Å². The molecule has 0 saturated heterocycles. The summed E-state index contributed by atoms with van der Waals surface area (Å²) in [6, 6.07) is 12.8. The summed E-state index contributed by atoms with van der Waals surface area (Å²) in [4.78, 5) is 19.8. The van der Waals surface area contributed by atoms with Gasteiger partial charge in [0, 0.05) is 30.3 Å². The number of anilines is 1. The second kappa shape index (κ2) is 8.00. The molecule has 0 aliphatic rings. The van der Waals surface area contributed by atoms with Crippen molar-refractivity contribution in [3.63, 3.8) is 0 Å². The number of hydrogen-bond donors (Lipinski definition) is 2. The molecule has 1 aromatic carbocycles. The van der Waals surface area contributed by atoms with Crippen LogP contribution >= 0.6 is 0 Å². The van der Waals surface area contributed by atoms with Gasteiger partial charge in [-0.3, -0.25) is 9.48 Å². The molecule has 32 heavy (non-hydrogen) atoms. The van der Waals surface area contributed by atoms with E-state index in [1.807, 2.05) is 32.2 Å². The molecule has 0 spiro atoms. The maximum atomic E-state index is 12.0. The fourth-order valence-corrected chi connectivity index (χ4v) is 3.79. The third-order valence-electron chi connectivity index (χ3n) is 5.23. The van der Waals surface area contributed by atoms with E-state index in [4.69, 9.17) is 11.0 Å². The Morgan fingerprint density at radius 1 is 1.16 bits per heavy atom. The van der Waals surface area contributed by atoms with Crippen LogP contribution in [0.4, 0.5) is 5.82 Å². The Morgan fingerprint density at radius 3 is 2.50 bits per heavy atom. The maximum Gasteiger partial charge on any atom is 0.163 e. The van der Waals surface area contributed by atoms with Gasteiger partial charge >= 0.3 is 0 Å². The number of nitrogens with zero attached hydrogens (tertiary/aromatic N) is 6. The topological polar surface area (TPSA) is 131 Å². The number of nitrogens with one attached hydrogen (secondary N) is 1. The summed E-state index contributed by atoms with van der Waals surface area (Å²) in [5.74, 6) is 0.770. The van der Waals surface area contributed by atoms with Gasteiger partial charge in [-0.15, -0.1) is 0 Å². The van der Waals surface area contributed by atoms with Crippen molar-refractivity contribution in [3.05, 3.63) is 65.1 Å². The molecule has 9 heteroatoms. The minimum absolute atomic E-state index is 0.0499. The summed E-state index contributed by atoms with van der Waals surface area (Å²) in [7, 11) is 1.82. The largest absolute Gasteiger partial charge is 0.385 e. The predicted octanol–water partition coefficient (Wildman–Crippen LogP) is 3.55. The number of nitriles is 1. The number of benzene rings is 1. The monoisotopic (exact) mass is 426 g/mol. The zero-order chi connectivity index (χ0) is 23.0. The number of nitrogen functional groups attached to an aromatic ring is 1. The Morgan fingerprint density at radius 2 is 1.88 bits per heavy atom. The predicted molar refractivity (Wildman–Crippen MR) is 122 cm³/mol. The Bertz CT molecular complexity index is 1450. The van der Waals surface area contributed by atoms with Crippen molar-refractivity contribution >= 4 is 22.6 Å². The SMILES string of the molecule is CC(=O)c1c(C)nn(-c2cc(N)[nH]c3c(ccn2)c(-c2ccc(C#N)cc2)nn3C)c1C. The summed E-state index contributed by atoms with van der Waals surface area (Å²) in [6.45, 7) is 5.14. The van der Waals surface area contributed by atoms with E-state index in [0.29, 0.717) is 39.8 Å². The van der Waals surface area contributed by atoms with Crippen molar-refractivity contribution in [1.82, 2.24) is 29.5 Å². The summed E-state index contributed by atoms with van der Waals surface area (Å²) < 4.78 is 3.32. The highest BCUT2D eigenvalue weighted by Gasteiger charge is 2.17. The minimum Gasteiger partial charge on any atom is -0.385 e. The number of fused-ring (bicyclic) bond motifs is 1. The summed E-state index contributed by atoms with van der Waals surface area (Å²) in [6.07, 6.45) is 1.66. The van der Waals surface area contributed by atoms with Crippen LogP contribution in [0, 0.1) is 25.2 Å². The van der Waals surface area contributed by atoms with Crippen molar-refractivity contribution < 1.29 is 4.79 Å². The Labute approximate surface area is 184 Å². The third kappa shape index (κ3) is 3.58. The molecular weight excluding hydrogens is 404 g/mol. The lowest BCUT2D eigenvalue weighted by atomic mass is 10.1. The van der Waals surface area contributed by atoms with Gasteiger partial charge in [0.15, 0.2) is 11.6 Å². The number of nitrogens with two attached hydrogens (primary N) is 1. The first-order valence-electron chi connectivity index (χ1n) is 9.93. The maximum absolute atomic E-state index is 12.0. The number of aromatic nitrogens is 6. The fraction of sp³-hybridized carbons (Fsp3) is 0.174. The molecule has 0 atom stereocenters. The number of H-pyrrole nitrogens is 1. The van der Waals surface area contributed by atoms with E-state index in [1.54, 1.807) is 40.7 Å². The van der Waals surface area contributed by atoms with Gasteiger partial charge in [-0.2, -0.15) is 15.5 Å². The molecule has 3 heterocycles. The highest BCUT2D eigenvalue weighted by atomic mass is 16.1. The number of ketones is 1. The second-order valence-corrected chi connectivity index (χ2v) is 7.47. The van der Waals surface area contributed by atoms with Crippen LogP contribution < -0.4 is 5.73 Å². The molecule has 0 aliphatic carbocycles. The first kappa shape index (κ1) is 20.8. The van der Waals surface area contributed by atoms with Gasteiger partial charge in [-0.1, -0.05) is 12.1 Å². The van der Waals surface area contributed by atoms with E-state index in [1.165, 1.54) is 6.92 Å². The Balaban J connectivity index is 1.94. The van der Waals surface area contributed by atoms with Crippen LogP contribution in [0.25, 0.3) is 28.1 Å². The summed E-state index contributed by atoms with van der Waals surface area (Å²) >= 11 is 0. The third-order valence-corrected chi connectivity index (χ3v) is 5.23. The van der Waals surface area contributed by atoms with E-state index in [-0.39, 0.29) is 5.78 Å². The van der Waals surface area contributed by atoms with Gasteiger partial charge in [0.1, 0.15) is 17.2 Å². The summed E-state index contributed by atoms with van der Waals surface area (Å²) in [5, 5.41) is 19.0. The number of carbonyl (C=O) groups is 1. The molecule has 0 aliphatic heterocycles. The number of aromatic amines is 1. The molecule has 0 bridgehead atoms. The molecule has 3 N–H and O–H groups in total. The van der Waals surface area contributed by atoms with Crippen molar-refractivity contribution in [1.29, 1.82) is 5.26 Å². The van der Waals surface area contributed by atoms with E-state index in [2.05, 4.69) is 26.2 Å². The van der Waals surface area contributed by atoms with Gasteiger partial charge in [-0.25, -0.2) is 9.67 Å². The van der Waals surface area contributed by atoms with Gasteiger partial charge in [0.2, 0.25) is 0 Å². The zero-order valence-corrected chi connectivity index (χ0v) is 18.2. The fourth-order valence-electron chi connectivity index (χ4n) is 3.79. The number of carbonyl (C=O) groups excluding carboxylic acids is 1. The normalized spacial score (nSPS) is 10.7. The van der Waals surface area contributed by atoms with Crippen LogP contribution in [0.3, 0.4) is 0 Å². The smallest absolute Gasteiger partial charge is 0.163 e. The van der Waals surface area contributed by atoms with Crippen LogP contribution in [-0.4, -0.2) is 35.3 Å². The molecule has 0 amide bonds. The number of hydrogen-bond acceptors (Lipinski definition) is 6. The molecule has 0 saturated carbocycles. The molecule has 3 aromatic heterocycles. The summed E-state index contributed by atoms with van der Waals surface area (Å²) in [5.41, 5.74) is 11.1. The Kier molecular flexibility index (Phi) is 5.20. The molecule has 4 aromatic rings. The van der Waals surface area contributed by atoms with Crippen molar-refractivity contribution in [3.8, 4) is 23.1 Å². The van der Waals surface area contributed by atoms with Crippen molar-refractivity contribution in [2.24, 2.45) is 7.05 Å². The second-order valence-electron chi connectivity index (χ2n) is 7.47. The van der Waals surface area contributed by atoms with E-state index in [9.17, 15) is 4.79 Å². The molecule has 0 fully saturated rings. The van der Waals surface area contributed by atoms with Gasteiger partial charge in [-0.05, 0) is 39.0 Å². The van der Waals surface area contributed by atoms with Crippen LogP contribution in [-0.2, 0) is 7.05 Å². The highest BCUT2D eigenvalue weighted by molar-refractivity contribution is 5.96. The molecular formula is C23H22N8O. The molecule has 4 rings (SSSR count). The lowest BCUT2D eigenvalue weighted by molar-refractivity contribution is 0.101. The highest BCUT2D eigenvalue weighted by Crippen LogP contribution is 2.26. The van der Waals surface area contributed by atoms with Crippen LogP contribution in [0.1, 0.15) is 34.2 Å². The van der Waals surface area contributed by atoms with Crippen molar-refractivity contribution in [2.75, 3.05) is 5.73 Å². The average molecular weight is 426 g/mol. The lowest BCUT2D eigenvalue weighted by Crippen LogP contribution is -2.03. The molecule has 0 unspecified atom stereocenters. The standard InChI is InChI=1S/C23H22N8O/c1-13-21(15(3)32)14(2)31(28-13)20-11-19(25)27-23-18(9-10-26-20)22(29-30(23)4)17-7-5-16(12-24)6-8-17/h5-11,27H,25H2,1-4H3. The van der Waals surface area contributed by atoms with E-state index >= 15 is 0 Å². The zero-order valence-electron chi connectivity index (χ0n) is 18.2. The van der Waals surface area contributed by atoms with Gasteiger partial charge in [0.25, 0.3) is 0 Å². The molecule has 160 valence electrons. The van der Waals surface area contributed by atoms with Gasteiger partial charge in [0.05, 0.1) is 28.6 Å². The first-order chi connectivity index (χ1) is 15.3.